The van der Waals surface area contributed by atoms with E-state index in [1.165, 1.54) is 11.8 Å². The van der Waals surface area contributed by atoms with Gasteiger partial charge in [-0.2, -0.15) is 11.8 Å². The number of methoxy groups -OCH3 is 1. The Labute approximate surface area is 130 Å². The molecule has 0 aliphatic heterocycles. The van der Waals surface area contributed by atoms with Gasteiger partial charge in [-0.3, -0.25) is 4.79 Å². The summed E-state index contributed by atoms with van der Waals surface area (Å²) in [5, 5.41) is 12.3. The number of ether oxygens (including phenoxy) is 2. The van der Waals surface area contributed by atoms with Crippen molar-refractivity contribution < 1.29 is 19.4 Å². The van der Waals surface area contributed by atoms with Gasteiger partial charge in [0.15, 0.2) is 0 Å². The minimum absolute atomic E-state index is 0.0725. The van der Waals surface area contributed by atoms with E-state index in [0.717, 1.165) is 11.3 Å². The Balaban J connectivity index is 2.20. The fourth-order valence-corrected chi connectivity index (χ4v) is 1.86. The largest absolute Gasteiger partial charge is 0.497 e. The molecular weight excluding hydrogens is 290 g/mol. The van der Waals surface area contributed by atoms with Crippen LogP contribution in [0, 0.1) is 0 Å². The van der Waals surface area contributed by atoms with Crippen LogP contribution in [0.4, 0.5) is 0 Å². The number of thioether (sulfide) groups is 1. The summed E-state index contributed by atoms with van der Waals surface area (Å²) in [6.07, 6.45) is 1.17. The molecule has 0 saturated carbocycles. The van der Waals surface area contributed by atoms with Crippen molar-refractivity contribution in [1.82, 2.24) is 5.32 Å². The monoisotopic (exact) mass is 313 g/mol. The van der Waals surface area contributed by atoms with Gasteiger partial charge in [0.2, 0.25) is 5.91 Å². The molecule has 1 rings (SSSR count). The molecule has 0 fully saturated rings. The van der Waals surface area contributed by atoms with Gasteiger partial charge < -0.3 is 19.9 Å². The van der Waals surface area contributed by atoms with Crippen molar-refractivity contribution in [2.45, 2.75) is 24.9 Å². The lowest BCUT2D eigenvalue weighted by molar-refractivity contribution is -0.121. The number of benzene rings is 1. The van der Waals surface area contributed by atoms with Gasteiger partial charge in [-0.25, -0.2) is 0 Å². The zero-order valence-corrected chi connectivity index (χ0v) is 13.5. The predicted molar refractivity (Wildman–Crippen MR) is 84.6 cm³/mol. The Morgan fingerprint density at radius 2 is 2.05 bits per heavy atom. The fraction of sp³-hybridized carbons (Fsp3) is 0.533. The molecule has 0 aromatic heterocycles. The molecule has 118 valence electrons. The molecule has 2 unspecified atom stereocenters. The zero-order chi connectivity index (χ0) is 15.7. The Kier molecular flexibility index (Phi) is 8.19. The number of hydrogen-bond donors (Lipinski definition) is 2. The number of aliphatic hydroxyl groups is 1. The summed E-state index contributed by atoms with van der Waals surface area (Å²) in [5.74, 6) is 0.723. The minimum Gasteiger partial charge on any atom is -0.497 e. The molecule has 0 aliphatic rings. The number of carbonyl (C=O) groups excluding carboxylic acids is 1. The van der Waals surface area contributed by atoms with Gasteiger partial charge in [0.1, 0.15) is 5.75 Å². The maximum Gasteiger partial charge on any atom is 0.232 e. The van der Waals surface area contributed by atoms with E-state index >= 15 is 0 Å². The van der Waals surface area contributed by atoms with Crippen LogP contribution in [-0.4, -0.2) is 48.9 Å². The summed E-state index contributed by atoms with van der Waals surface area (Å²) >= 11 is 1.47. The Hall–Kier alpha value is -1.24. The van der Waals surface area contributed by atoms with E-state index in [1.54, 1.807) is 7.11 Å². The summed E-state index contributed by atoms with van der Waals surface area (Å²) in [7, 11) is 1.62. The van der Waals surface area contributed by atoms with Crippen LogP contribution in [0.2, 0.25) is 0 Å². The average molecular weight is 313 g/mol. The van der Waals surface area contributed by atoms with Crippen molar-refractivity contribution in [2.24, 2.45) is 0 Å². The highest BCUT2D eigenvalue weighted by Gasteiger charge is 2.12. The highest BCUT2D eigenvalue weighted by atomic mass is 32.2. The van der Waals surface area contributed by atoms with Crippen LogP contribution in [0.5, 0.6) is 5.75 Å². The molecule has 0 radical (unpaired) electrons. The summed E-state index contributed by atoms with van der Waals surface area (Å²) in [4.78, 5) is 11.5. The van der Waals surface area contributed by atoms with Gasteiger partial charge in [-0.15, -0.1) is 0 Å². The van der Waals surface area contributed by atoms with Crippen molar-refractivity contribution in [2.75, 3.05) is 26.5 Å². The normalized spacial score (nSPS) is 13.5. The first-order chi connectivity index (χ1) is 10.1. The van der Waals surface area contributed by atoms with Crippen LogP contribution < -0.4 is 10.1 Å². The molecule has 5 nitrogen and oxygen atoms in total. The van der Waals surface area contributed by atoms with Crippen LogP contribution >= 0.6 is 11.8 Å². The van der Waals surface area contributed by atoms with E-state index < -0.39 is 6.10 Å². The van der Waals surface area contributed by atoms with Crippen molar-refractivity contribution in [3.63, 3.8) is 0 Å². The number of hydrogen-bond acceptors (Lipinski definition) is 5. The van der Waals surface area contributed by atoms with E-state index in [-0.39, 0.29) is 24.3 Å². The Morgan fingerprint density at radius 3 is 2.62 bits per heavy atom. The third-order valence-corrected chi connectivity index (χ3v) is 3.89. The van der Waals surface area contributed by atoms with E-state index in [1.807, 2.05) is 37.4 Å². The molecule has 0 aliphatic carbocycles. The van der Waals surface area contributed by atoms with Crippen LogP contribution in [-0.2, 0) is 16.1 Å². The molecule has 1 aromatic carbocycles. The van der Waals surface area contributed by atoms with Gasteiger partial charge in [-0.1, -0.05) is 12.1 Å². The first-order valence-corrected chi connectivity index (χ1v) is 8.04. The predicted octanol–water partition coefficient (Wildman–Crippen LogP) is 1.44. The molecule has 2 N–H and O–H groups in total. The lowest BCUT2D eigenvalue weighted by atomic mass is 10.2. The first kappa shape index (κ1) is 17.8. The smallest absolute Gasteiger partial charge is 0.232 e. The molecule has 6 heteroatoms. The summed E-state index contributed by atoms with van der Waals surface area (Å²) < 4.78 is 10.5. The molecule has 1 aromatic rings. The average Bonchev–Trinajstić information content (AvgIpc) is 2.52. The van der Waals surface area contributed by atoms with Gasteiger partial charge in [0, 0.05) is 6.54 Å². The van der Waals surface area contributed by atoms with Crippen molar-refractivity contribution >= 4 is 17.7 Å². The number of rotatable bonds is 9. The topological polar surface area (TPSA) is 67.8 Å². The number of amides is 1. The molecule has 0 heterocycles. The quantitative estimate of drug-likeness (QED) is 0.722. The summed E-state index contributed by atoms with van der Waals surface area (Å²) in [6, 6.07) is 7.54. The standard InChI is InChI=1S/C15H23NO4S/c1-11(21-3)15(18)16-8-13(17)10-20-9-12-4-6-14(19-2)7-5-12/h4-7,11,13,17H,8-10H2,1-3H3,(H,16,18). The number of aliphatic hydroxyl groups excluding tert-OH is 1. The SMILES string of the molecule is COc1ccc(COCC(O)CNC(=O)C(C)SC)cc1. The second-order valence-electron chi connectivity index (χ2n) is 4.64. The lowest BCUT2D eigenvalue weighted by Gasteiger charge is -2.14. The van der Waals surface area contributed by atoms with E-state index in [0.29, 0.717) is 6.61 Å². The molecule has 0 saturated heterocycles. The molecule has 2 atom stereocenters. The van der Waals surface area contributed by atoms with Crippen LogP contribution in [0.1, 0.15) is 12.5 Å². The van der Waals surface area contributed by atoms with Gasteiger partial charge in [0.05, 0.1) is 31.7 Å². The lowest BCUT2D eigenvalue weighted by Crippen LogP contribution is -2.38. The highest BCUT2D eigenvalue weighted by Crippen LogP contribution is 2.12. The summed E-state index contributed by atoms with van der Waals surface area (Å²) in [5.41, 5.74) is 1.00. The second kappa shape index (κ2) is 9.65. The van der Waals surface area contributed by atoms with Crippen LogP contribution in [0.3, 0.4) is 0 Å². The zero-order valence-electron chi connectivity index (χ0n) is 12.7. The Morgan fingerprint density at radius 1 is 1.38 bits per heavy atom. The van der Waals surface area contributed by atoms with Crippen molar-refractivity contribution in [1.29, 1.82) is 0 Å². The van der Waals surface area contributed by atoms with Gasteiger partial charge in [0.25, 0.3) is 0 Å². The fourth-order valence-electron chi connectivity index (χ4n) is 1.56. The second-order valence-corrected chi connectivity index (χ2v) is 5.82. The van der Waals surface area contributed by atoms with Crippen LogP contribution in [0.25, 0.3) is 0 Å². The molecule has 21 heavy (non-hydrogen) atoms. The third kappa shape index (κ3) is 6.84. The van der Waals surface area contributed by atoms with Crippen LogP contribution in [0.15, 0.2) is 24.3 Å². The Bertz CT molecular complexity index is 424. The number of carbonyl (C=O) groups is 1. The molecule has 1 amide bonds. The van der Waals surface area contributed by atoms with E-state index in [9.17, 15) is 9.90 Å². The maximum absolute atomic E-state index is 11.5. The maximum atomic E-state index is 11.5. The highest BCUT2D eigenvalue weighted by molar-refractivity contribution is 7.99. The van der Waals surface area contributed by atoms with E-state index in [2.05, 4.69) is 5.32 Å². The first-order valence-electron chi connectivity index (χ1n) is 6.76. The molecular formula is C15H23NO4S. The minimum atomic E-state index is -0.707. The summed E-state index contributed by atoms with van der Waals surface area (Å²) in [6.45, 7) is 2.62. The van der Waals surface area contributed by atoms with E-state index in [4.69, 9.17) is 9.47 Å². The van der Waals surface area contributed by atoms with Gasteiger partial charge >= 0.3 is 0 Å². The van der Waals surface area contributed by atoms with Crippen molar-refractivity contribution in [3.05, 3.63) is 29.8 Å². The van der Waals surface area contributed by atoms with Crippen molar-refractivity contribution in [3.8, 4) is 5.75 Å². The third-order valence-electron chi connectivity index (χ3n) is 2.97. The molecule has 0 bridgehead atoms. The molecule has 0 spiro atoms. The van der Waals surface area contributed by atoms with Gasteiger partial charge in [-0.05, 0) is 30.9 Å². The number of nitrogens with one attached hydrogen (secondary N) is 1.